The zero-order valence-electron chi connectivity index (χ0n) is 5.07. The van der Waals surface area contributed by atoms with Crippen LogP contribution in [0.15, 0.2) is 24.2 Å². The summed E-state index contributed by atoms with van der Waals surface area (Å²) in [6.07, 6.45) is 1.22. The van der Waals surface area contributed by atoms with Crippen LogP contribution in [0.2, 0.25) is 0 Å². The molecule has 0 saturated heterocycles. The van der Waals surface area contributed by atoms with Gasteiger partial charge in [-0.15, -0.1) is 0 Å². The van der Waals surface area contributed by atoms with Crippen molar-refractivity contribution in [2.75, 3.05) is 7.11 Å². The predicted octanol–water partition coefficient (Wildman–Crippen LogP) is 2.02. The van der Waals surface area contributed by atoms with E-state index in [1.165, 1.54) is 20.1 Å². The lowest BCUT2D eigenvalue weighted by molar-refractivity contribution is 0.307. The van der Waals surface area contributed by atoms with Crippen molar-refractivity contribution < 1.29 is 9.13 Å². The first-order chi connectivity index (χ1) is 3.66. The van der Waals surface area contributed by atoms with E-state index in [9.17, 15) is 4.39 Å². The second kappa shape index (κ2) is 3.24. The van der Waals surface area contributed by atoms with Gasteiger partial charge in [0.1, 0.15) is 11.6 Å². The first-order valence-corrected chi connectivity index (χ1v) is 2.23. The quantitative estimate of drug-likeness (QED) is 0.396. The summed E-state index contributed by atoms with van der Waals surface area (Å²) in [6, 6.07) is 0. The van der Waals surface area contributed by atoms with Gasteiger partial charge in [0.2, 0.25) is 0 Å². The Hall–Kier alpha value is -0.790. The zero-order valence-corrected chi connectivity index (χ0v) is 5.07. The average molecular weight is 116 g/mol. The number of hydrogen-bond acceptors (Lipinski definition) is 1. The maximum absolute atomic E-state index is 11.9. The van der Waals surface area contributed by atoms with Gasteiger partial charge in [0.25, 0.3) is 0 Å². The standard InChI is InChI=1S/C6H9FO/c1-5(7)4-6(2)8-3/h4H,2H2,1,3H3/b5-4+. The molecule has 0 aromatic heterocycles. The highest BCUT2D eigenvalue weighted by atomic mass is 19.1. The molecule has 1 nitrogen and oxygen atoms in total. The molecule has 0 heterocycles. The number of methoxy groups -OCH3 is 1. The molecule has 0 aliphatic carbocycles. The largest absolute Gasteiger partial charge is 0.497 e. The normalized spacial score (nSPS) is 11.1. The van der Waals surface area contributed by atoms with E-state index in [1.54, 1.807) is 0 Å². The van der Waals surface area contributed by atoms with Crippen molar-refractivity contribution in [2.45, 2.75) is 6.92 Å². The fourth-order valence-corrected chi connectivity index (χ4v) is 0.281. The summed E-state index contributed by atoms with van der Waals surface area (Å²) in [6.45, 7) is 4.71. The molecule has 0 aromatic rings. The fourth-order valence-electron chi connectivity index (χ4n) is 0.281. The Morgan fingerprint density at radius 1 is 1.75 bits per heavy atom. The SMILES string of the molecule is C=C(/C=C(\C)F)OC. The van der Waals surface area contributed by atoms with E-state index < -0.39 is 0 Å². The molecular weight excluding hydrogens is 107 g/mol. The Morgan fingerprint density at radius 2 is 2.25 bits per heavy atom. The third-order valence-corrected chi connectivity index (χ3v) is 0.622. The molecule has 8 heavy (non-hydrogen) atoms. The summed E-state index contributed by atoms with van der Waals surface area (Å²) in [5.41, 5.74) is 0. The fraction of sp³-hybridized carbons (Fsp3) is 0.333. The lowest BCUT2D eigenvalue weighted by Gasteiger charge is -1.93. The van der Waals surface area contributed by atoms with Crippen LogP contribution in [0.1, 0.15) is 6.92 Å². The van der Waals surface area contributed by atoms with E-state index in [0.29, 0.717) is 5.76 Å². The van der Waals surface area contributed by atoms with E-state index in [1.807, 2.05) is 0 Å². The Labute approximate surface area is 48.5 Å². The van der Waals surface area contributed by atoms with Crippen LogP contribution in [0, 0.1) is 0 Å². The number of halogens is 1. The van der Waals surface area contributed by atoms with Crippen LogP contribution < -0.4 is 0 Å². The monoisotopic (exact) mass is 116 g/mol. The van der Waals surface area contributed by atoms with Crippen LogP contribution in [0.25, 0.3) is 0 Å². The topological polar surface area (TPSA) is 9.23 Å². The van der Waals surface area contributed by atoms with E-state index >= 15 is 0 Å². The summed E-state index contributed by atoms with van der Waals surface area (Å²) >= 11 is 0. The maximum Gasteiger partial charge on any atom is 0.114 e. The van der Waals surface area contributed by atoms with Gasteiger partial charge in [0, 0.05) is 6.08 Å². The van der Waals surface area contributed by atoms with Gasteiger partial charge in [-0.25, -0.2) is 4.39 Å². The molecule has 0 N–H and O–H groups in total. The van der Waals surface area contributed by atoms with Crippen molar-refractivity contribution in [2.24, 2.45) is 0 Å². The van der Waals surface area contributed by atoms with E-state index in [0.717, 1.165) is 0 Å². The highest BCUT2D eigenvalue weighted by Gasteiger charge is 1.84. The summed E-state index contributed by atoms with van der Waals surface area (Å²) in [7, 11) is 1.45. The van der Waals surface area contributed by atoms with Crippen LogP contribution in [-0.2, 0) is 4.74 Å². The second-order valence-corrected chi connectivity index (χ2v) is 1.40. The molecule has 0 amide bonds. The molecule has 0 unspecified atom stereocenters. The van der Waals surface area contributed by atoms with Gasteiger partial charge in [-0.3, -0.25) is 0 Å². The van der Waals surface area contributed by atoms with Crippen LogP contribution in [0.5, 0.6) is 0 Å². The molecule has 0 spiro atoms. The Bertz CT molecular complexity index is 112. The van der Waals surface area contributed by atoms with Crippen molar-refractivity contribution in [1.82, 2.24) is 0 Å². The zero-order chi connectivity index (χ0) is 6.57. The van der Waals surface area contributed by atoms with Gasteiger partial charge in [0.05, 0.1) is 7.11 Å². The molecule has 0 radical (unpaired) electrons. The molecule has 0 fully saturated rings. The Balaban J connectivity index is 3.70. The van der Waals surface area contributed by atoms with Crippen molar-refractivity contribution in [1.29, 1.82) is 0 Å². The van der Waals surface area contributed by atoms with Crippen molar-refractivity contribution in [3.05, 3.63) is 24.2 Å². The smallest absolute Gasteiger partial charge is 0.114 e. The number of rotatable bonds is 2. The first kappa shape index (κ1) is 7.21. The van der Waals surface area contributed by atoms with Gasteiger partial charge in [-0.05, 0) is 6.92 Å². The second-order valence-electron chi connectivity index (χ2n) is 1.40. The van der Waals surface area contributed by atoms with Crippen LogP contribution in [-0.4, -0.2) is 7.11 Å². The molecule has 0 aromatic carbocycles. The molecule has 2 heteroatoms. The minimum absolute atomic E-state index is 0.295. The minimum Gasteiger partial charge on any atom is -0.497 e. The summed E-state index contributed by atoms with van der Waals surface area (Å²) < 4.78 is 16.4. The van der Waals surface area contributed by atoms with E-state index in [4.69, 9.17) is 0 Å². The summed E-state index contributed by atoms with van der Waals surface area (Å²) in [5, 5.41) is 0. The lowest BCUT2D eigenvalue weighted by Crippen LogP contribution is -1.77. The molecule has 0 rings (SSSR count). The number of allylic oxidation sites excluding steroid dienone is 2. The van der Waals surface area contributed by atoms with Crippen LogP contribution in [0.3, 0.4) is 0 Å². The third-order valence-electron chi connectivity index (χ3n) is 0.622. The van der Waals surface area contributed by atoms with Crippen molar-refractivity contribution in [3.63, 3.8) is 0 Å². The van der Waals surface area contributed by atoms with Gasteiger partial charge in [0.15, 0.2) is 0 Å². The van der Waals surface area contributed by atoms with Crippen molar-refractivity contribution >= 4 is 0 Å². The Kier molecular flexibility index (Phi) is 2.92. The molecule has 0 bridgehead atoms. The van der Waals surface area contributed by atoms with E-state index in [-0.39, 0.29) is 5.83 Å². The molecule has 0 saturated carbocycles. The predicted molar refractivity (Wildman–Crippen MR) is 31.0 cm³/mol. The Morgan fingerprint density at radius 3 is 2.38 bits per heavy atom. The molecular formula is C6H9FO. The molecule has 0 aliphatic heterocycles. The minimum atomic E-state index is -0.295. The van der Waals surface area contributed by atoms with Gasteiger partial charge in [-0.2, -0.15) is 0 Å². The third kappa shape index (κ3) is 3.40. The van der Waals surface area contributed by atoms with E-state index in [2.05, 4.69) is 11.3 Å². The van der Waals surface area contributed by atoms with Crippen LogP contribution in [0.4, 0.5) is 4.39 Å². The van der Waals surface area contributed by atoms with Gasteiger partial charge in [-0.1, -0.05) is 6.58 Å². The molecule has 0 aliphatic rings. The summed E-state index contributed by atoms with van der Waals surface area (Å²) in [5.74, 6) is 0.0434. The first-order valence-electron chi connectivity index (χ1n) is 2.23. The highest BCUT2D eigenvalue weighted by molar-refractivity contribution is 5.08. The van der Waals surface area contributed by atoms with Crippen molar-refractivity contribution in [3.8, 4) is 0 Å². The van der Waals surface area contributed by atoms with Gasteiger partial charge < -0.3 is 4.74 Å². The lowest BCUT2D eigenvalue weighted by atomic mass is 10.4. The molecule has 0 atom stereocenters. The maximum atomic E-state index is 11.9. The summed E-state index contributed by atoms with van der Waals surface area (Å²) in [4.78, 5) is 0. The average Bonchev–Trinajstić information content (AvgIpc) is 1.65. The number of hydrogen-bond donors (Lipinski definition) is 0. The highest BCUT2D eigenvalue weighted by Crippen LogP contribution is 1.99. The van der Waals surface area contributed by atoms with Crippen LogP contribution >= 0.6 is 0 Å². The van der Waals surface area contributed by atoms with Gasteiger partial charge >= 0.3 is 0 Å². The molecule has 46 valence electrons. The number of ether oxygens (including phenoxy) is 1.